The fraction of sp³-hybridized carbons (Fsp3) is 0.500. The average molecular weight is 193 g/mol. The Morgan fingerprint density at radius 2 is 2.11 bits per heavy atom. The molecular formula is C6H9BrO2. The second-order valence-electron chi connectivity index (χ2n) is 1.69. The lowest BCUT2D eigenvalue weighted by Crippen LogP contribution is -1.97. The van der Waals surface area contributed by atoms with Crippen molar-refractivity contribution < 1.29 is 9.90 Å². The van der Waals surface area contributed by atoms with Gasteiger partial charge in [0.2, 0.25) is 0 Å². The molecule has 1 N–H and O–H groups in total. The first kappa shape index (κ1) is 8.69. The second kappa shape index (κ2) is 3.67. The summed E-state index contributed by atoms with van der Waals surface area (Å²) in [5.41, 5.74) is 0.387. The Kier molecular flexibility index (Phi) is 3.54. The van der Waals surface area contributed by atoms with E-state index in [2.05, 4.69) is 15.9 Å². The largest absolute Gasteiger partial charge is 0.478 e. The summed E-state index contributed by atoms with van der Waals surface area (Å²) in [5, 5.41) is 8.40. The quantitative estimate of drug-likeness (QED) is 0.682. The number of allylic oxidation sites excluding steroid dienone is 1. The highest BCUT2D eigenvalue weighted by molar-refractivity contribution is 9.11. The van der Waals surface area contributed by atoms with E-state index in [1.807, 2.05) is 6.92 Å². The minimum absolute atomic E-state index is 0.387. The van der Waals surface area contributed by atoms with E-state index >= 15 is 0 Å². The molecule has 0 unspecified atom stereocenters. The zero-order chi connectivity index (χ0) is 7.44. The Morgan fingerprint density at radius 1 is 1.67 bits per heavy atom. The number of carboxylic acids is 1. The van der Waals surface area contributed by atoms with Crippen molar-refractivity contribution in [3.8, 4) is 0 Å². The summed E-state index contributed by atoms with van der Waals surface area (Å²) in [6.07, 6.45) is 0.734. The van der Waals surface area contributed by atoms with Crippen LogP contribution in [0.5, 0.6) is 0 Å². The summed E-state index contributed by atoms with van der Waals surface area (Å²) in [6, 6.07) is 0. The Bertz CT molecular complexity index is 149. The van der Waals surface area contributed by atoms with Crippen LogP contribution in [0.25, 0.3) is 0 Å². The molecular weight excluding hydrogens is 184 g/mol. The van der Waals surface area contributed by atoms with Crippen molar-refractivity contribution in [3.63, 3.8) is 0 Å². The van der Waals surface area contributed by atoms with Gasteiger partial charge in [-0.25, -0.2) is 4.79 Å². The summed E-state index contributed by atoms with van der Waals surface area (Å²) in [4.78, 5) is 10.2. The lowest BCUT2D eigenvalue weighted by atomic mass is 10.2. The molecule has 0 bridgehead atoms. The van der Waals surface area contributed by atoms with Gasteiger partial charge in [-0.15, -0.1) is 0 Å². The first-order valence-electron chi connectivity index (χ1n) is 2.68. The molecule has 2 nitrogen and oxygen atoms in total. The van der Waals surface area contributed by atoms with E-state index in [0.29, 0.717) is 5.57 Å². The average Bonchev–Trinajstić information content (AvgIpc) is 1.84. The SMILES string of the molecule is CCC(Br)=C(C)C(=O)O. The van der Waals surface area contributed by atoms with Gasteiger partial charge in [0.15, 0.2) is 0 Å². The number of rotatable bonds is 2. The third kappa shape index (κ3) is 2.65. The highest BCUT2D eigenvalue weighted by atomic mass is 79.9. The predicted molar refractivity (Wildman–Crippen MR) is 39.6 cm³/mol. The number of aliphatic carboxylic acids is 1. The first-order valence-corrected chi connectivity index (χ1v) is 3.47. The molecule has 0 aliphatic rings. The Labute approximate surface area is 62.7 Å². The third-order valence-electron chi connectivity index (χ3n) is 1.04. The third-order valence-corrected chi connectivity index (χ3v) is 2.19. The molecule has 0 fully saturated rings. The highest BCUT2D eigenvalue weighted by Gasteiger charge is 2.03. The number of carbonyl (C=O) groups is 1. The standard InChI is InChI=1S/C6H9BrO2/c1-3-5(7)4(2)6(8)9/h3H2,1-2H3,(H,8,9). The predicted octanol–water partition coefficient (Wildman–Crippen LogP) is 2.15. The molecule has 0 aliphatic heterocycles. The molecule has 0 heterocycles. The number of halogens is 1. The van der Waals surface area contributed by atoms with Gasteiger partial charge in [-0.2, -0.15) is 0 Å². The van der Waals surface area contributed by atoms with Gasteiger partial charge in [-0.3, -0.25) is 0 Å². The van der Waals surface area contributed by atoms with Crippen molar-refractivity contribution >= 4 is 21.9 Å². The van der Waals surface area contributed by atoms with E-state index in [-0.39, 0.29) is 0 Å². The van der Waals surface area contributed by atoms with Gasteiger partial charge in [0.1, 0.15) is 0 Å². The molecule has 0 spiro atoms. The lowest BCUT2D eigenvalue weighted by molar-refractivity contribution is -0.132. The van der Waals surface area contributed by atoms with E-state index < -0.39 is 5.97 Å². The molecule has 0 saturated carbocycles. The van der Waals surface area contributed by atoms with Crippen LogP contribution < -0.4 is 0 Å². The van der Waals surface area contributed by atoms with Crippen molar-refractivity contribution in [2.45, 2.75) is 20.3 Å². The number of carboxylic acid groups (broad SMARTS) is 1. The van der Waals surface area contributed by atoms with Crippen LogP contribution in [0.15, 0.2) is 10.1 Å². The van der Waals surface area contributed by atoms with E-state index in [1.54, 1.807) is 6.92 Å². The minimum atomic E-state index is -0.858. The van der Waals surface area contributed by atoms with Gasteiger partial charge < -0.3 is 5.11 Å². The fourth-order valence-electron chi connectivity index (χ4n) is 0.381. The van der Waals surface area contributed by atoms with Crippen LogP contribution in [0.1, 0.15) is 20.3 Å². The molecule has 0 radical (unpaired) electrons. The number of hydrogen-bond donors (Lipinski definition) is 1. The second-order valence-corrected chi connectivity index (χ2v) is 2.65. The topological polar surface area (TPSA) is 37.3 Å². The molecule has 0 aromatic carbocycles. The van der Waals surface area contributed by atoms with Crippen molar-refractivity contribution in [2.24, 2.45) is 0 Å². The summed E-state index contributed by atoms with van der Waals surface area (Å²) in [5.74, 6) is -0.858. The maximum Gasteiger partial charge on any atom is 0.332 e. The van der Waals surface area contributed by atoms with Crippen LogP contribution >= 0.6 is 15.9 Å². The summed E-state index contributed by atoms with van der Waals surface area (Å²) in [6.45, 7) is 3.48. The van der Waals surface area contributed by atoms with E-state index in [1.165, 1.54) is 0 Å². The molecule has 0 rings (SSSR count). The minimum Gasteiger partial charge on any atom is -0.478 e. The van der Waals surface area contributed by atoms with Gasteiger partial charge in [-0.05, 0) is 13.3 Å². The van der Waals surface area contributed by atoms with Crippen molar-refractivity contribution in [2.75, 3.05) is 0 Å². The van der Waals surface area contributed by atoms with Crippen LogP contribution in [0.4, 0.5) is 0 Å². The molecule has 0 saturated heterocycles. The van der Waals surface area contributed by atoms with Gasteiger partial charge >= 0.3 is 5.97 Å². The molecule has 9 heavy (non-hydrogen) atoms. The molecule has 0 aromatic heterocycles. The van der Waals surface area contributed by atoms with Gasteiger partial charge in [0, 0.05) is 10.1 Å². The van der Waals surface area contributed by atoms with Crippen LogP contribution in [0.2, 0.25) is 0 Å². The van der Waals surface area contributed by atoms with Crippen LogP contribution in [-0.4, -0.2) is 11.1 Å². The molecule has 52 valence electrons. The van der Waals surface area contributed by atoms with Crippen LogP contribution in [-0.2, 0) is 4.79 Å². The summed E-state index contributed by atoms with van der Waals surface area (Å²) < 4.78 is 0.759. The zero-order valence-corrected chi connectivity index (χ0v) is 7.03. The maximum absolute atomic E-state index is 10.2. The van der Waals surface area contributed by atoms with Crippen LogP contribution in [0, 0.1) is 0 Å². The monoisotopic (exact) mass is 192 g/mol. The maximum atomic E-state index is 10.2. The van der Waals surface area contributed by atoms with Crippen molar-refractivity contribution in [1.29, 1.82) is 0 Å². The number of hydrogen-bond acceptors (Lipinski definition) is 1. The zero-order valence-electron chi connectivity index (χ0n) is 5.44. The fourth-order valence-corrected chi connectivity index (χ4v) is 0.551. The molecule has 3 heteroatoms. The Morgan fingerprint density at radius 3 is 2.22 bits per heavy atom. The molecule has 0 atom stereocenters. The van der Waals surface area contributed by atoms with Crippen molar-refractivity contribution in [3.05, 3.63) is 10.1 Å². The molecule has 0 aliphatic carbocycles. The Hall–Kier alpha value is -0.310. The van der Waals surface area contributed by atoms with Crippen LogP contribution in [0.3, 0.4) is 0 Å². The summed E-state index contributed by atoms with van der Waals surface area (Å²) in [7, 11) is 0. The van der Waals surface area contributed by atoms with Gasteiger partial charge in [-0.1, -0.05) is 22.9 Å². The normalized spacial score (nSPS) is 12.8. The first-order chi connectivity index (χ1) is 4.09. The lowest BCUT2D eigenvalue weighted by Gasteiger charge is -1.95. The smallest absolute Gasteiger partial charge is 0.332 e. The molecule has 0 aromatic rings. The Balaban J connectivity index is 4.28. The van der Waals surface area contributed by atoms with Gasteiger partial charge in [0.05, 0.1) is 0 Å². The van der Waals surface area contributed by atoms with Gasteiger partial charge in [0.25, 0.3) is 0 Å². The van der Waals surface area contributed by atoms with E-state index in [0.717, 1.165) is 10.9 Å². The highest BCUT2D eigenvalue weighted by Crippen LogP contribution is 2.14. The van der Waals surface area contributed by atoms with E-state index in [4.69, 9.17) is 5.11 Å². The summed E-state index contributed by atoms with van der Waals surface area (Å²) >= 11 is 3.14. The molecule has 0 amide bonds. The van der Waals surface area contributed by atoms with E-state index in [9.17, 15) is 4.79 Å². The van der Waals surface area contributed by atoms with Crippen molar-refractivity contribution in [1.82, 2.24) is 0 Å².